The van der Waals surface area contributed by atoms with Gasteiger partial charge < -0.3 is 10.2 Å². The molecule has 22 heavy (non-hydrogen) atoms. The first kappa shape index (κ1) is 15.6. The van der Waals surface area contributed by atoms with Gasteiger partial charge in [0, 0.05) is 6.42 Å². The molecule has 5 heteroatoms. The minimum absolute atomic E-state index is 0.128. The number of hydrogen-bond acceptors (Lipinski definition) is 3. The number of hydrogen-bond donors (Lipinski definition) is 2. The molecule has 1 unspecified atom stereocenters. The molecule has 0 saturated heterocycles. The van der Waals surface area contributed by atoms with Crippen LogP contribution in [-0.4, -0.2) is 28.6 Å². The fourth-order valence-corrected chi connectivity index (χ4v) is 2.28. The first-order valence-electron chi connectivity index (χ1n) is 6.83. The zero-order chi connectivity index (χ0) is 16.1. The highest BCUT2D eigenvalue weighted by Gasteiger charge is 2.27. The second kappa shape index (κ2) is 6.76. The fourth-order valence-electron chi connectivity index (χ4n) is 2.28. The number of amides is 1. The molecule has 2 aromatic rings. The van der Waals surface area contributed by atoms with E-state index in [0.717, 1.165) is 16.0 Å². The van der Waals surface area contributed by atoms with Gasteiger partial charge in [0.05, 0.1) is 5.69 Å². The highest BCUT2D eigenvalue weighted by molar-refractivity contribution is 5.90. The zero-order valence-electron chi connectivity index (χ0n) is 12.1. The van der Waals surface area contributed by atoms with Crippen LogP contribution in [0.2, 0.25) is 0 Å². The van der Waals surface area contributed by atoms with Crippen LogP contribution < -0.4 is 4.90 Å². The molecular weight excluding hydrogens is 282 g/mol. The number of phenols is 1. The van der Waals surface area contributed by atoms with Gasteiger partial charge in [-0.25, -0.2) is 4.79 Å². The normalized spacial score (nSPS) is 11.7. The molecule has 0 aliphatic heterocycles. The number of carboxylic acid groups (broad SMARTS) is 1. The van der Waals surface area contributed by atoms with Crippen LogP contribution in [0.15, 0.2) is 48.5 Å². The minimum Gasteiger partial charge on any atom is -0.506 e. The third-order valence-corrected chi connectivity index (χ3v) is 3.42. The van der Waals surface area contributed by atoms with Crippen LogP contribution in [0.1, 0.15) is 11.1 Å². The van der Waals surface area contributed by atoms with Crippen molar-refractivity contribution in [2.45, 2.75) is 19.4 Å². The van der Waals surface area contributed by atoms with Crippen molar-refractivity contribution < 1.29 is 19.8 Å². The number of aromatic hydroxyl groups is 1. The highest BCUT2D eigenvalue weighted by Crippen LogP contribution is 2.29. The number of benzene rings is 2. The summed E-state index contributed by atoms with van der Waals surface area (Å²) in [4.78, 5) is 24.1. The molecule has 0 spiro atoms. The summed E-state index contributed by atoms with van der Waals surface area (Å²) < 4.78 is 0. The number of carbonyl (C=O) groups excluding carboxylic acids is 1. The first-order chi connectivity index (χ1) is 10.5. The summed E-state index contributed by atoms with van der Waals surface area (Å²) in [5, 5.41) is 19.4. The smallest absolute Gasteiger partial charge is 0.327 e. The molecule has 0 radical (unpaired) electrons. The lowest BCUT2D eigenvalue weighted by Gasteiger charge is -2.26. The van der Waals surface area contributed by atoms with Crippen molar-refractivity contribution >= 4 is 18.1 Å². The Labute approximate surface area is 128 Å². The number of anilines is 1. The van der Waals surface area contributed by atoms with E-state index in [-0.39, 0.29) is 17.9 Å². The van der Waals surface area contributed by atoms with Gasteiger partial charge in [0.25, 0.3) is 0 Å². The average Bonchev–Trinajstić information content (AvgIpc) is 2.51. The van der Waals surface area contributed by atoms with Crippen LogP contribution in [0, 0.1) is 6.92 Å². The van der Waals surface area contributed by atoms with Crippen molar-refractivity contribution in [3.63, 3.8) is 0 Å². The molecule has 0 fully saturated rings. The molecule has 1 amide bonds. The van der Waals surface area contributed by atoms with E-state index in [1.165, 1.54) is 6.07 Å². The van der Waals surface area contributed by atoms with Crippen LogP contribution in [-0.2, 0) is 16.0 Å². The van der Waals surface area contributed by atoms with Crippen LogP contribution >= 0.6 is 0 Å². The Morgan fingerprint density at radius 3 is 2.50 bits per heavy atom. The molecule has 2 N–H and O–H groups in total. The number of carboxylic acids is 1. The Morgan fingerprint density at radius 1 is 1.23 bits per heavy atom. The maximum atomic E-state index is 11.6. The highest BCUT2D eigenvalue weighted by atomic mass is 16.4. The van der Waals surface area contributed by atoms with Crippen LogP contribution in [0.25, 0.3) is 0 Å². The zero-order valence-corrected chi connectivity index (χ0v) is 12.1. The molecule has 0 aromatic heterocycles. The number of rotatable bonds is 6. The van der Waals surface area contributed by atoms with E-state index < -0.39 is 12.0 Å². The number of phenolic OH excluding ortho intramolecular Hbond substituents is 1. The second-order valence-electron chi connectivity index (χ2n) is 5.05. The molecule has 1 atom stereocenters. The maximum absolute atomic E-state index is 11.6. The van der Waals surface area contributed by atoms with E-state index in [9.17, 15) is 19.8 Å². The standard InChI is InChI=1S/C17H17NO4/c1-12-7-8-16(20)14(9-12)18(11-19)15(17(21)22)10-13-5-3-2-4-6-13/h2-9,11,15,20H,10H2,1H3,(H,21,22). The molecule has 2 rings (SSSR count). The Kier molecular flexibility index (Phi) is 4.78. The van der Waals surface area contributed by atoms with E-state index in [2.05, 4.69) is 0 Å². The summed E-state index contributed by atoms with van der Waals surface area (Å²) in [7, 11) is 0. The summed E-state index contributed by atoms with van der Waals surface area (Å²) in [5.74, 6) is -1.26. The van der Waals surface area contributed by atoms with Gasteiger partial charge in [-0.15, -0.1) is 0 Å². The van der Waals surface area contributed by atoms with E-state index in [1.807, 2.05) is 18.2 Å². The molecular formula is C17H17NO4. The van der Waals surface area contributed by atoms with Crippen molar-refractivity contribution in [3.05, 3.63) is 59.7 Å². The summed E-state index contributed by atoms with van der Waals surface area (Å²) in [6.07, 6.45) is 0.596. The van der Waals surface area contributed by atoms with Crippen LogP contribution in [0.5, 0.6) is 5.75 Å². The maximum Gasteiger partial charge on any atom is 0.327 e. The van der Waals surface area contributed by atoms with E-state index in [1.54, 1.807) is 31.2 Å². The number of aryl methyl sites for hydroxylation is 1. The van der Waals surface area contributed by atoms with E-state index in [0.29, 0.717) is 6.41 Å². The SMILES string of the molecule is Cc1ccc(O)c(N(C=O)C(Cc2ccccc2)C(=O)O)c1. The topological polar surface area (TPSA) is 77.8 Å². The largest absolute Gasteiger partial charge is 0.506 e. The average molecular weight is 299 g/mol. The van der Waals surface area contributed by atoms with Gasteiger partial charge in [0.1, 0.15) is 11.8 Å². The number of carbonyl (C=O) groups is 2. The molecule has 0 aliphatic carbocycles. The molecule has 2 aromatic carbocycles. The number of aliphatic carboxylic acids is 1. The predicted molar refractivity (Wildman–Crippen MR) is 83.0 cm³/mol. The van der Waals surface area contributed by atoms with Gasteiger partial charge >= 0.3 is 5.97 Å². The second-order valence-corrected chi connectivity index (χ2v) is 5.05. The molecule has 0 bridgehead atoms. The lowest BCUT2D eigenvalue weighted by molar-refractivity contribution is -0.139. The minimum atomic E-state index is -1.13. The van der Waals surface area contributed by atoms with Gasteiger partial charge in [0.2, 0.25) is 6.41 Å². The number of nitrogens with zero attached hydrogens (tertiary/aromatic N) is 1. The Morgan fingerprint density at radius 2 is 1.91 bits per heavy atom. The quantitative estimate of drug-likeness (QED) is 0.803. The van der Waals surface area contributed by atoms with Crippen molar-refractivity contribution in [2.75, 3.05) is 4.90 Å². The van der Waals surface area contributed by atoms with Gasteiger partial charge in [0.15, 0.2) is 0 Å². The van der Waals surface area contributed by atoms with E-state index in [4.69, 9.17) is 0 Å². The summed E-state index contributed by atoms with van der Waals surface area (Å²) in [6.45, 7) is 1.80. The Bertz CT molecular complexity index is 670. The summed E-state index contributed by atoms with van der Waals surface area (Å²) >= 11 is 0. The van der Waals surface area contributed by atoms with E-state index >= 15 is 0 Å². The lowest BCUT2D eigenvalue weighted by Crippen LogP contribution is -2.42. The van der Waals surface area contributed by atoms with Crippen molar-refractivity contribution in [1.82, 2.24) is 0 Å². The molecule has 0 aliphatic rings. The monoisotopic (exact) mass is 299 g/mol. The predicted octanol–water partition coefficient (Wildman–Crippen LogP) is 2.36. The van der Waals surface area contributed by atoms with Gasteiger partial charge in [-0.1, -0.05) is 36.4 Å². The molecule has 0 saturated carbocycles. The molecule has 5 nitrogen and oxygen atoms in total. The summed E-state index contributed by atoms with van der Waals surface area (Å²) in [6, 6.07) is 12.7. The summed E-state index contributed by atoms with van der Waals surface area (Å²) in [5.41, 5.74) is 1.82. The van der Waals surface area contributed by atoms with Crippen molar-refractivity contribution in [3.8, 4) is 5.75 Å². The first-order valence-corrected chi connectivity index (χ1v) is 6.83. The van der Waals surface area contributed by atoms with Crippen molar-refractivity contribution in [1.29, 1.82) is 0 Å². The molecule has 114 valence electrons. The van der Waals surface area contributed by atoms with Crippen LogP contribution in [0.4, 0.5) is 5.69 Å². The van der Waals surface area contributed by atoms with Crippen molar-refractivity contribution in [2.24, 2.45) is 0 Å². The third kappa shape index (κ3) is 3.44. The Balaban J connectivity index is 2.38. The Hall–Kier alpha value is -2.82. The van der Waals surface area contributed by atoms with Gasteiger partial charge in [-0.3, -0.25) is 9.69 Å². The third-order valence-electron chi connectivity index (χ3n) is 3.42. The molecule has 0 heterocycles. The van der Waals surface area contributed by atoms with Crippen LogP contribution in [0.3, 0.4) is 0 Å². The van der Waals surface area contributed by atoms with Gasteiger partial charge in [-0.05, 0) is 30.2 Å². The van der Waals surface area contributed by atoms with Gasteiger partial charge in [-0.2, -0.15) is 0 Å². The fraction of sp³-hybridized carbons (Fsp3) is 0.176. The lowest BCUT2D eigenvalue weighted by atomic mass is 10.0.